The molecule has 0 bridgehead atoms. The first-order valence-corrected chi connectivity index (χ1v) is 6.52. The van der Waals surface area contributed by atoms with E-state index >= 15 is 0 Å². The molecule has 1 heterocycles. The van der Waals surface area contributed by atoms with Crippen molar-refractivity contribution in [1.29, 1.82) is 0 Å². The largest absolute Gasteiger partial charge is 0.507 e. The molecule has 100 valence electrons. The Hall–Kier alpha value is -2.03. The van der Waals surface area contributed by atoms with Crippen LogP contribution in [0, 0.1) is 0 Å². The maximum Gasteiger partial charge on any atom is 0.343 e. The first-order valence-electron chi connectivity index (χ1n) is 6.52. The summed E-state index contributed by atoms with van der Waals surface area (Å²) < 4.78 is 5.22. The van der Waals surface area contributed by atoms with Crippen LogP contribution in [0.3, 0.4) is 0 Å². The van der Waals surface area contributed by atoms with Gasteiger partial charge in [-0.2, -0.15) is 0 Å². The minimum Gasteiger partial charge on any atom is -0.507 e. The van der Waals surface area contributed by atoms with Gasteiger partial charge in [-0.1, -0.05) is 37.1 Å². The molecule has 0 radical (unpaired) electrons. The maximum absolute atomic E-state index is 11.9. The predicted molar refractivity (Wildman–Crippen MR) is 76.5 cm³/mol. The summed E-state index contributed by atoms with van der Waals surface area (Å²) in [5.74, 6) is 0.0346. The number of hydrogen-bond donors (Lipinski definition) is 1. The van der Waals surface area contributed by atoms with Crippen LogP contribution in [0.2, 0.25) is 0 Å². The van der Waals surface area contributed by atoms with Gasteiger partial charge in [0.25, 0.3) is 0 Å². The van der Waals surface area contributed by atoms with E-state index in [9.17, 15) is 9.90 Å². The van der Waals surface area contributed by atoms with Crippen molar-refractivity contribution in [2.24, 2.45) is 0 Å². The minimum atomic E-state index is -0.461. The van der Waals surface area contributed by atoms with Crippen molar-refractivity contribution < 1.29 is 9.52 Å². The third kappa shape index (κ3) is 2.87. The topological polar surface area (TPSA) is 50.4 Å². The van der Waals surface area contributed by atoms with Crippen LogP contribution >= 0.6 is 0 Å². The molecular weight excluding hydrogens is 240 g/mol. The summed E-state index contributed by atoms with van der Waals surface area (Å²) in [6.07, 6.45) is 4.45. The molecule has 0 saturated heterocycles. The molecule has 1 aromatic heterocycles. The van der Waals surface area contributed by atoms with Crippen molar-refractivity contribution in [3.05, 3.63) is 51.9 Å². The fourth-order valence-electron chi connectivity index (χ4n) is 2.12. The van der Waals surface area contributed by atoms with Gasteiger partial charge in [-0.25, -0.2) is 4.79 Å². The monoisotopic (exact) mass is 258 g/mol. The highest BCUT2D eigenvalue weighted by atomic mass is 16.4. The molecule has 0 aliphatic carbocycles. The number of allylic oxidation sites excluding steroid dienone is 2. The average molecular weight is 258 g/mol. The van der Waals surface area contributed by atoms with E-state index in [0.29, 0.717) is 23.0 Å². The molecule has 3 nitrogen and oxygen atoms in total. The smallest absolute Gasteiger partial charge is 0.343 e. The summed E-state index contributed by atoms with van der Waals surface area (Å²) in [5, 5.41) is 10.8. The quantitative estimate of drug-likeness (QED) is 0.670. The first-order chi connectivity index (χ1) is 9.13. The molecule has 0 spiro atoms. The molecule has 2 aromatic rings. The van der Waals surface area contributed by atoms with Crippen LogP contribution in [0.15, 0.2) is 45.1 Å². The van der Waals surface area contributed by atoms with Crippen molar-refractivity contribution in [1.82, 2.24) is 0 Å². The van der Waals surface area contributed by atoms with Crippen molar-refractivity contribution in [2.75, 3.05) is 0 Å². The second-order valence-corrected chi connectivity index (χ2v) is 4.72. The number of aromatic hydroxyl groups is 1. The molecule has 2 rings (SSSR count). The van der Waals surface area contributed by atoms with Gasteiger partial charge in [0.2, 0.25) is 0 Å². The number of para-hydroxylation sites is 1. The van der Waals surface area contributed by atoms with Crippen molar-refractivity contribution in [3.63, 3.8) is 0 Å². The number of fused-ring (bicyclic) bond motifs is 1. The van der Waals surface area contributed by atoms with E-state index in [2.05, 4.69) is 6.92 Å². The lowest BCUT2D eigenvalue weighted by molar-refractivity contribution is 0.459. The Balaban J connectivity index is 2.44. The summed E-state index contributed by atoms with van der Waals surface area (Å²) in [4.78, 5) is 11.9. The summed E-state index contributed by atoms with van der Waals surface area (Å²) in [7, 11) is 0. The summed E-state index contributed by atoms with van der Waals surface area (Å²) >= 11 is 0. The van der Waals surface area contributed by atoms with E-state index in [1.807, 2.05) is 19.1 Å². The highest BCUT2D eigenvalue weighted by Gasteiger charge is 2.12. The van der Waals surface area contributed by atoms with Crippen molar-refractivity contribution in [3.8, 4) is 5.75 Å². The lowest BCUT2D eigenvalue weighted by atomic mass is 10.1. The third-order valence-electron chi connectivity index (χ3n) is 3.18. The number of rotatable bonds is 4. The van der Waals surface area contributed by atoms with E-state index in [-0.39, 0.29) is 5.75 Å². The molecule has 1 aromatic carbocycles. The van der Waals surface area contributed by atoms with Gasteiger partial charge in [0.15, 0.2) is 0 Å². The number of benzene rings is 1. The van der Waals surface area contributed by atoms with Crippen molar-refractivity contribution >= 4 is 11.0 Å². The van der Waals surface area contributed by atoms with Gasteiger partial charge in [0.1, 0.15) is 11.3 Å². The Morgan fingerprint density at radius 2 is 2.11 bits per heavy atom. The Morgan fingerprint density at radius 1 is 1.37 bits per heavy atom. The van der Waals surface area contributed by atoms with Crippen LogP contribution in [0.25, 0.3) is 11.0 Å². The molecule has 0 saturated carbocycles. The van der Waals surface area contributed by atoms with E-state index in [1.165, 1.54) is 5.57 Å². The van der Waals surface area contributed by atoms with E-state index in [0.717, 1.165) is 12.8 Å². The van der Waals surface area contributed by atoms with Crippen molar-refractivity contribution in [2.45, 2.75) is 33.1 Å². The minimum absolute atomic E-state index is 0.0346. The molecule has 0 unspecified atom stereocenters. The van der Waals surface area contributed by atoms with Crippen LogP contribution < -0.4 is 5.63 Å². The molecule has 1 N–H and O–H groups in total. The Kier molecular flexibility index (Phi) is 4.05. The molecular formula is C16H18O3. The van der Waals surface area contributed by atoms with E-state index in [4.69, 9.17) is 4.42 Å². The lowest BCUT2D eigenvalue weighted by Crippen LogP contribution is -2.07. The molecule has 3 heteroatoms. The van der Waals surface area contributed by atoms with Crippen LogP contribution in [0.5, 0.6) is 5.75 Å². The lowest BCUT2D eigenvalue weighted by Gasteiger charge is -2.05. The fraction of sp³-hybridized carbons (Fsp3) is 0.312. The van der Waals surface area contributed by atoms with Gasteiger partial charge in [0.05, 0.1) is 10.9 Å². The molecule has 19 heavy (non-hydrogen) atoms. The molecule has 0 aliphatic rings. The van der Waals surface area contributed by atoms with Crippen LogP contribution in [0.1, 0.15) is 32.3 Å². The average Bonchev–Trinajstić information content (AvgIpc) is 2.39. The fourth-order valence-corrected chi connectivity index (χ4v) is 2.12. The summed E-state index contributed by atoms with van der Waals surface area (Å²) in [5.41, 5.74) is 1.50. The summed E-state index contributed by atoms with van der Waals surface area (Å²) in [6, 6.07) is 7.01. The van der Waals surface area contributed by atoms with E-state index < -0.39 is 5.63 Å². The Bertz CT molecular complexity index is 665. The standard InChI is InChI=1S/C16H18O3/c1-3-6-11(2)9-10-13-15(17)12-7-4-5-8-14(12)19-16(13)18/h4-5,7-9,17H,3,6,10H2,1-2H3/b11-9+. The second kappa shape index (κ2) is 5.74. The highest BCUT2D eigenvalue weighted by molar-refractivity contribution is 5.83. The zero-order valence-electron chi connectivity index (χ0n) is 11.3. The molecule has 0 fully saturated rings. The zero-order valence-corrected chi connectivity index (χ0v) is 11.3. The predicted octanol–water partition coefficient (Wildman–Crippen LogP) is 3.79. The van der Waals surface area contributed by atoms with Gasteiger partial charge < -0.3 is 9.52 Å². The summed E-state index contributed by atoms with van der Waals surface area (Å²) in [6.45, 7) is 4.14. The third-order valence-corrected chi connectivity index (χ3v) is 3.18. The Morgan fingerprint density at radius 3 is 2.84 bits per heavy atom. The van der Waals surface area contributed by atoms with Gasteiger partial charge in [-0.05, 0) is 25.5 Å². The zero-order chi connectivity index (χ0) is 13.8. The molecule has 0 amide bonds. The highest BCUT2D eigenvalue weighted by Crippen LogP contribution is 2.26. The second-order valence-electron chi connectivity index (χ2n) is 4.72. The molecule has 0 atom stereocenters. The van der Waals surface area contributed by atoms with Crippen LogP contribution in [-0.4, -0.2) is 5.11 Å². The molecule has 0 aliphatic heterocycles. The van der Waals surface area contributed by atoms with Gasteiger partial charge in [0, 0.05) is 6.42 Å². The van der Waals surface area contributed by atoms with Gasteiger partial charge in [-0.3, -0.25) is 0 Å². The van der Waals surface area contributed by atoms with Crippen LogP contribution in [0.4, 0.5) is 0 Å². The first kappa shape index (κ1) is 13.4. The van der Waals surface area contributed by atoms with Gasteiger partial charge >= 0.3 is 5.63 Å². The maximum atomic E-state index is 11.9. The van der Waals surface area contributed by atoms with E-state index in [1.54, 1.807) is 18.2 Å². The SMILES string of the molecule is CCC/C(C)=C/Cc1c(O)c2ccccc2oc1=O. The normalized spacial score (nSPS) is 12.0. The number of hydrogen-bond acceptors (Lipinski definition) is 3. The van der Waals surface area contributed by atoms with Gasteiger partial charge in [-0.15, -0.1) is 0 Å². The van der Waals surface area contributed by atoms with Crippen LogP contribution in [-0.2, 0) is 6.42 Å². The Labute approximate surface area is 112 Å².